The molecule has 0 saturated carbocycles. The van der Waals surface area contributed by atoms with Crippen LogP contribution in [-0.4, -0.2) is 23.3 Å². The van der Waals surface area contributed by atoms with E-state index in [4.69, 9.17) is 9.84 Å². The van der Waals surface area contributed by atoms with Crippen molar-refractivity contribution in [2.45, 2.75) is 19.1 Å². The van der Waals surface area contributed by atoms with Crippen LogP contribution in [0.5, 0.6) is 0 Å². The van der Waals surface area contributed by atoms with Gasteiger partial charge in [-0.15, -0.1) is 0 Å². The Kier molecular flexibility index (Phi) is 4.27. The SMILES string of the molecule is COCc1cccc([C@H](O)CC(=O)O)c1. The standard InChI is InChI=1S/C11H14O4/c1-15-7-8-3-2-4-9(5-8)10(12)6-11(13)14/h2-5,10,12H,6-7H2,1H3,(H,13,14)/t10-/m1/s1. The summed E-state index contributed by atoms with van der Waals surface area (Å²) < 4.78 is 4.95. The minimum Gasteiger partial charge on any atom is -0.481 e. The molecular weight excluding hydrogens is 196 g/mol. The summed E-state index contributed by atoms with van der Waals surface area (Å²) in [5, 5.41) is 18.1. The van der Waals surface area contributed by atoms with Crippen LogP contribution in [0.4, 0.5) is 0 Å². The molecule has 4 heteroatoms. The first kappa shape index (κ1) is 11.7. The summed E-state index contributed by atoms with van der Waals surface area (Å²) in [6.45, 7) is 0.452. The van der Waals surface area contributed by atoms with Crippen LogP contribution in [0.25, 0.3) is 0 Å². The lowest BCUT2D eigenvalue weighted by atomic mass is 10.0. The van der Waals surface area contributed by atoms with Crippen LogP contribution in [0.15, 0.2) is 24.3 Å². The minimum atomic E-state index is -1.01. The van der Waals surface area contributed by atoms with E-state index >= 15 is 0 Å². The molecule has 1 atom stereocenters. The maximum Gasteiger partial charge on any atom is 0.306 e. The molecule has 0 fully saturated rings. The van der Waals surface area contributed by atoms with Crippen molar-refractivity contribution in [2.75, 3.05) is 7.11 Å². The average molecular weight is 210 g/mol. The van der Waals surface area contributed by atoms with E-state index in [-0.39, 0.29) is 6.42 Å². The van der Waals surface area contributed by atoms with Crippen LogP contribution in [0.1, 0.15) is 23.7 Å². The zero-order chi connectivity index (χ0) is 11.3. The first-order valence-corrected chi connectivity index (χ1v) is 4.61. The quantitative estimate of drug-likeness (QED) is 0.769. The molecule has 2 N–H and O–H groups in total. The molecule has 0 aliphatic carbocycles. The largest absolute Gasteiger partial charge is 0.481 e. The number of methoxy groups -OCH3 is 1. The highest BCUT2D eigenvalue weighted by Crippen LogP contribution is 2.18. The summed E-state index contributed by atoms with van der Waals surface area (Å²) in [5.74, 6) is -1.01. The third-order valence-corrected chi connectivity index (χ3v) is 2.01. The number of carbonyl (C=O) groups is 1. The molecule has 0 amide bonds. The molecule has 0 aliphatic rings. The van der Waals surface area contributed by atoms with Gasteiger partial charge in [0.15, 0.2) is 0 Å². The number of ether oxygens (including phenoxy) is 1. The number of carboxylic acid groups (broad SMARTS) is 1. The van der Waals surface area contributed by atoms with Crippen LogP contribution in [0, 0.1) is 0 Å². The van der Waals surface area contributed by atoms with E-state index in [1.165, 1.54) is 0 Å². The van der Waals surface area contributed by atoms with Crippen molar-refractivity contribution >= 4 is 5.97 Å². The summed E-state index contributed by atoms with van der Waals surface area (Å²) in [6.07, 6.45) is -1.24. The van der Waals surface area contributed by atoms with E-state index in [0.717, 1.165) is 5.56 Å². The van der Waals surface area contributed by atoms with Gasteiger partial charge in [-0.2, -0.15) is 0 Å². The Hall–Kier alpha value is -1.39. The van der Waals surface area contributed by atoms with Gasteiger partial charge in [0.05, 0.1) is 19.1 Å². The van der Waals surface area contributed by atoms with Gasteiger partial charge in [-0.25, -0.2) is 0 Å². The number of benzene rings is 1. The highest BCUT2D eigenvalue weighted by atomic mass is 16.5. The molecule has 0 heterocycles. The fourth-order valence-corrected chi connectivity index (χ4v) is 1.34. The van der Waals surface area contributed by atoms with E-state index < -0.39 is 12.1 Å². The Morgan fingerprint density at radius 3 is 2.87 bits per heavy atom. The van der Waals surface area contributed by atoms with Gasteiger partial charge in [0, 0.05) is 7.11 Å². The molecule has 0 bridgehead atoms. The van der Waals surface area contributed by atoms with Crippen molar-refractivity contribution in [2.24, 2.45) is 0 Å². The summed E-state index contributed by atoms with van der Waals surface area (Å²) in [7, 11) is 1.58. The molecule has 0 spiro atoms. The number of aliphatic carboxylic acids is 1. The highest BCUT2D eigenvalue weighted by Gasteiger charge is 2.11. The number of hydrogen-bond donors (Lipinski definition) is 2. The second-order valence-electron chi connectivity index (χ2n) is 3.29. The second kappa shape index (κ2) is 5.48. The summed E-state index contributed by atoms with van der Waals surface area (Å²) in [6, 6.07) is 7.08. The van der Waals surface area contributed by atoms with Crippen molar-refractivity contribution in [3.05, 3.63) is 35.4 Å². The number of aliphatic hydroxyl groups is 1. The van der Waals surface area contributed by atoms with Crippen LogP contribution in [-0.2, 0) is 16.1 Å². The molecule has 1 aromatic rings. The van der Waals surface area contributed by atoms with Crippen LogP contribution >= 0.6 is 0 Å². The summed E-state index contributed by atoms with van der Waals surface area (Å²) >= 11 is 0. The molecular formula is C11H14O4. The van der Waals surface area contributed by atoms with Crippen molar-refractivity contribution < 1.29 is 19.7 Å². The molecule has 0 unspecified atom stereocenters. The lowest BCUT2D eigenvalue weighted by Crippen LogP contribution is -2.05. The van der Waals surface area contributed by atoms with Crippen molar-refractivity contribution in [1.82, 2.24) is 0 Å². The minimum absolute atomic E-state index is 0.281. The summed E-state index contributed by atoms with van der Waals surface area (Å²) in [4.78, 5) is 10.4. The Labute approximate surface area is 88.1 Å². The first-order valence-electron chi connectivity index (χ1n) is 4.61. The highest BCUT2D eigenvalue weighted by molar-refractivity contribution is 5.67. The second-order valence-corrected chi connectivity index (χ2v) is 3.29. The smallest absolute Gasteiger partial charge is 0.306 e. The Morgan fingerprint density at radius 1 is 1.53 bits per heavy atom. The van der Waals surface area contributed by atoms with Gasteiger partial charge in [-0.3, -0.25) is 4.79 Å². The molecule has 0 radical (unpaired) electrons. The zero-order valence-electron chi connectivity index (χ0n) is 8.51. The molecule has 0 aromatic heterocycles. The maximum absolute atomic E-state index is 10.4. The average Bonchev–Trinajstić information content (AvgIpc) is 2.17. The van der Waals surface area contributed by atoms with Gasteiger partial charge in [0.2, 0.25) is 0 Å². The first-order chi connectivity index (χ1) is 7.13. The van der Waals surface area contributed by atoms with Crippen LogP contribution < -0.4 is 0 Å². The topological polar surface area (TPSA) is 66.8 Å². The predicted molar refractivity (Wildman–Crippen MR) is 54.4 cm³/mol. The maximum atomic E-state index is 10.4. The third-order valence-electron chi connectivity index (χ3n) is 2.01. The van der Waals surface area contributed by atoms with Gasteiger partial charge in [0.25, 0.3) is 0 Å². The molecule has 82 valence electrons. The molecule has 4 nitrogen and oxygen atoms in total. The number of rotatable bonds is 5. The predicted octanol–water partition coefficient (Wildman–Crippen LogP) is 1.34. The van der Waals surface area contributed by atoms with Gasteiger partial charge in [0.1, 0.15) is 0 Å². The normalized spacial score (nSPS) is 12.4. The van der Waals surface area contributed by atoms with Crippen LogP contribution in [0.2, 0.25) is 0 Å². The lowest BCUT2D eigenvalue weighted by Gasteiger charge is -2.09. The lowest BCUT2D eigenvalue weighted by molar-refractivity contribution is -0.139. The third kappa shape index (κ3) is 3.69. The monoisotopic (exact) mass is 210 g/mol. The fourth-order valence-electron chi connectivity index (χ4n) is 1.34. The molecule has 0 aliphatic heterocycles. The molecule has 1 aromatic carbocycles. The Bertz CT molecular complexity index is 335. The van der Waals surface area contributed by atoms with Crippen molar-refractivity contribution in [3.8, 4) is 0 Å². The van der Waals surface area contributed by atoms with Gasteiger partial charge >= 0.3 is 5.97 Å². The van der Waals surface area contributed by atoms with Gasteiger partial charge in [-0.05, 0) is 11.1 Å². The Balaban J connectivity index is 2.75. The van der Waals surface area contributed by atoms with E-state index in [9.17, 15) is 9.90 Å². The summed E-state index contributed by atoms with van der Waals surface area (Å²) in [5.41, 5.74) is 1.52. The molecule has 15 heavy (non-hydrogen) atoms. The van der Waals surface area contributed by atoms with Gasteiger partial charge < -0.3 is 14.9 Å². The number of carboxylic acids is 1. The van der Waals surface area contributed by atoms with Crippen molar-refractivity contribution in [3.63, 3.8) is 0 Å². The van der Waals surface area contributed by atoms with Crippen molar-refractivity contribution in [1.29, 1.82) is 0 Å². The molecule has 1 rings (SSSR count). The molecule has 0 saturated heterocycles. The number of aliphatic hydroxyl groups excluding tert-OH is 1. The fraction of sp³-hybridized carbons (Fsp3) is 0.364. The van der Waals surface area contributed by atoms with E-state index in [0.29, 0.717) is 12.2 Å². The van der Waals surface area contributed by atoms with Crippen LogP contribution in [0.3, 0.4) is 0 Å². The van der Waals surface area contributed by atoms with E-state index in [2.05, 4.69) is 0 Å². The van der Waals surface area contributed by atoms with E-state index in [1.807, 2.05) is 6.07 Å². The zero-order valence-corrected chi connectivity index (χ0v) is 8.51. The van der Waals surface area contributed by atoms with E-state index in [1.54, 1.807) is 25.3 Å². The Morgan fingerprint density at radius 2 is 2.27 bits per heavy atom. The number of hydrogen-bond acceptors (Lipinski definition) is 3. The van der Waals surface area contributed by atoms with Gasteiger partial charge in [-0.1, -0.05) is 24.3 Å².